The number of nitrogens with zero attached hydrogens (tertiary/aromatic N) is 1. The van der Waals surface area contributed by atoms with Crippen LogP contribution in [0.25, 0.3) is 0 Å². The highest BCUT2D eigenvalue weighted by molar-refractivity contribution is 8.24. The lowest BCUT2D eigenvalue weighted by Crippen LogP contribution is -2.39. The molecule has 0 aromatic heterocycles. The number of halogens is 1. The lowest BCUT2D eigenvalue weighted by Gasteiger charge is -2.29. The fourth-order valence-electron chi connectivity index (χ4n) is 4.87. The summed E-state index contributed by atoms with van der Waals surface area (Å²) in [5, 5.41) is 2.84. The van der Waals surface area contributed by atoms with E-state index in [0.29, 0.717) is 22.8 Å². The fraction of sp³-hybridized carbons (Fsp3) is 0.600. The van der Waals surface area contributed by atoms with Crippen LogP contribution in [0.15, 0.2) is 18.2 Å². The highest BCUT2D eigenvalue weighted by Crippen LogP contribution is 2.69. The first-order valence-electron chi connectivity index (χ1n) is 10.1. The molecule has 9 heteroatoms. The van der Waals surface area contributed by atoms with Gasteiger partial charge in [0, 0.05) is 17.4 Å². The number of cyclic esters (lactones) is 1. The first-order valence-corrected chi connectivity index (χ1v) is 12.0. The Bertz CT molecular complexity index is 847. The zero-order chi connectivity index (χ0) is 20.3. The number of hydrogen-bond acceptors (Lipinski definition) is 5. The van der Waals surface area contributed by atoms with Gasteiger partial charge in [0.25, 0.3) is 0 Å². The molecule has 158 valence electrons. The normalized spacial score (nSPS) is 33.6. The van der Waals surface area contributed by atoms with Crippen molar-refractivity contribution < 1.29 is 27.8 Å². The van der Waals surface area contributed by atoms with E-state index >= 15 is 0 Å². The van der Waals surface area contributed by atoms with Crippen molar-refractivity contribution in [1.82, 2.24) is 5.32 Å². The molecule has 1 unspecified atom stereocenters. The molecule has 2 saturated heterocycles. The van der Waals surface area contributed by atoms with Gasteiger partial charge in [-0.05, 0) is 48.3 Å². The van der Waals surface area contributed by atoms with E-state index in [1.807, 2.05) is 0 Å². The van der Waals surface area contributed by atoms with E-state index in [1.165, 1.54) is 11.0 Å². The molecular formula is C20H25FN2O5S. The van der Waals surface area contributed by atoms with Gasteiger partial charge in [0.05, 0.1) is 18.8 Å². The molecule has 4 atom stereocenters. The second-order valence-corrected chi connectivity index (χ2v) is 11.0. The van der Waals surface area contributed by atoms with Crippen LogP contribution in [0.1, 0.15) is 30.7 Å². The molecule has 0 radical (unpaired) electrons. The molecule has 2 amide bonds. The molecule has 29 heavy (non-hydrogen) atoms. The van der Waals surface area contributed by atoms with E-state index < -0.39 is 22.8 Å². The topological polar surface area (TPSA) is 99.1 Å². The van der Waals surface area contributed by atoms with Crippen LogP contribution in [0.3, 0.4) is 0 Å². The molecule has 0 spiro atoms. The summed E-state index contributed by atoms with van der Waals surface area (Å²) in [7, 11) is -2.47. The molecule has 3 N–H and O–H groups in total. The van der Waals surface area contributed by atoms with Gasteiger partial charge in [0.15, 0.2) is 0 Å². The average Bonchev–Trinajstić information content (AvgIpc) is 2.95. The minimum absolute atomic E-state index is 0.00717. The zero-order valence-corrected chi connectivity index (χ0v) is 16.7. The molecule has 2 aliphatic carbocycles. The molecule has 5 rings (SSSR count). The van der Waals surface area contributed by atoms with E-state index in [9.17, 15) is 23.1 Å². The van der Waals surface area contributed by atoms with Crippen LogP contribution in [0.2, 0.25) is 0 Å². The van der Waals surface area contributed by atoms with Gasteiger partial charge >= 0.3 is 6.09 Å². The quantitative estimate of drug-likeness (QED) is 0.674. The first-order chi connectivity index (χ1) is 13.8. The average molecular weight is 424 g/mol. The summed E-state index contributed by atoms with van der Waals surface area (Å²) < 4.78 is 39.6. The number of fused-ring (bicyclic) bond motifs is 1. The van der Waals surface area contributed by atoms with Crippen molar-refractivity contribution in [2.24, 2.45) is 17.8 Å². The second kappa shape index (κ2) is 6.85. The van der Waals surface area contributed by atoms with Crippen molar-refractivity contribution in [1.29, 1.82) is 0 Å². The van der Waals surface area contributed by atoms with E-state index in [-0.39, 0.29) is 48.5 Å². The number of nitrogens with one attached hydrogen (secondary N) is 1. The number of benzene rings is 1. The van der Waals surface area contributed by atoms with Gasteiger partial charge in [0.2, 0.25) is 5.91 Å². The smallest absolute Gasteiger partial charge is 0.414 e. The van der Waals surface area contributed by atoms with Gasteiger partial charge in [-0.2, -0.15) is 10.6 Å². The number of carbonyl (C=O) groups excluding carboxylic acids is 2. The highest BCUT2D eigenvalue weighted by atomic mass is 32.3. The van der Waals surface area contributed by atoms with Gasteiger partial charge in [0.1, 0.15) is 11.9 Å². The lowest BCUT2D eigenvalue weighted by molar-refractivity contribution is -0.127. The maximum absolute atomic E-state index is 14.8. The summed E-state index contributed by atoms with van der Waals surface area (Å²) in [6.07, 6.45) is 1.90. The Morgan fingerprint density at radius 2 is 2.00 bits per heavy atom. The molecular weight excluding hydrogens is 399 g/mol. The SMILES string of the molecule is O=C(NC[C@H]1CN(c2ccc(C3[C@H]4CS(O)(O)C[C@@H]34)c(F)c2)C(=O)O1)C1CCC1. The molecule has 2 aliphatic heterocycles. The maximum atomic E-state index is 14.8. The number of rotatable bonds is 5. The van der Waals surface area contributed by atoms with E-state index in [4.69, 9.17) is 4.74 Å². The molecule has 0 bridgehead atoms. The fourth-order valence-corrected chi connectivity index (χ4v) is 7.15. The standard InChI is InChI=1S/C20H25FN2O5S/c21-17-6-12(4-5-14(17)18-15-9-29(26,27)10-16(15)18)23-8-13(28-20(23)25)7-22-19(24)11-2-1-3-11/h4-6,11,13,15-16,18,26-27H,1-3,7-10H2,(H,22,24)/t13-,15-,16+,18?/m0/s1. The predicted molar refractivity (Wildman–Crippen MR) is 107 cm³/mol. The number of amides is 2. The zero-order valence-electron chi connectivity index (χ0n) is 15.9. The third-order valence-corrected chi connectivity index (χ3v) is 8.60. The third-order valence-electron chi connectivity index (χ3n) is 6.76. The minimum Gasteiger partial charge on any atom is -0.442 e. The van der Waals surface area contributed by atoms with E-state index in [2.05, 4.69) is 5.32 Å². The van der Waals surface area contributed by atoms with E-state index in [0.717, 1.165) is 19.3 Å². The van der Waals surface area contributed by atoms with Gasteiger partial charge in [-0.1, -0.05) is 12.5 Å². The molecule has 1 aromatic carbocycles. The number of anilines is 1. The van der Waals surface area contributed by atoms with Gasteiger partial charge in [-0.15, -0.1) is 0 Å². The minimum atomic E-state index is -2.47. The largest absolute Gasteiger partial charge is 0.442 e. The van der Waals surface area contributed by atoms with Gasteiger partial charge in [-0.3, -0.25) is 18.8 Å². The Labute approximate surface area is 169 Å². The van der Waals surface area contributed by atoms with Crippen molar-refractivity contribution in [2.45, 2.75) is 31.3 Å². The van der Waals surface area contributed by atoms with Crippen LogP contribution in [0, 0.1) is 23.6 Å². The summed E-state index contributed by atoms with van der Waals surface area (Å²) in [6, 6.07) is 4.75. The Kier molecular flexibility index (Phi) is 4.52. The molecule has 7 nitrogen and oxygen atoms in total. The van der Waals surface area contributed by atoms with Crippen molar-refractivity contribution in [3.05, 3.63) is 29.6 Å². The number of carbonyl (C=O) groups is 2. The Hall–Kier alpha value is -1.84. The molecule has 2 saturated carbocycles. The molecule has 4 aliphatic rings. The van der Waals surface area contributed by atoms with Gasteiger partial charge < -0.3 is 10.1 Å². The maximum Gasteiger partial charge on any atom is 0.414 e. The molecule has 1 aromatic rings. The summed E-state index contributed by atoms with van der Waals surface area (Å²) in [5.41, 5.74) is 1.01. The Morgan fingerprint density at radius 3 is 2.62 bits per heavy atom. The monoisotopic (exact) mass is 424 g/mol. The Balaban J connectivity index is 1.20. The summed E-state index contributed by atoms with van der Waals surface area (Å²) in [6.45, 7) is 0.522. The lowest BCUT2D eigenvalue weighted by atomic mass is 9.85. The van der Waals surface area contributed by atoms with Crippen LogP contribution in [-0.2, 0) is 9.53 Å². The summed E-state index contributed by atoms with van der Waals surface area (Å²) >= 11 is 0. The van der Waals surface area contributed by atoms with Crippen LogP contribution in [-0.4, -0.2) is 51.8 Å². The van der Waals surface area contributed by atoms with Crippen LogP contribution >= 0.6 is 10.6 Å². The van der Waals surface area contributed by atoms with Crippen molar-refractivity contribution in [2.75, 3.05) is 29.5 Å². The van der Waals surface area contributed by atoms with Crippen LogP contribution < -0.4 is 10.2 Å². The second-order valence-electron chi connectivity index (χ2n) is 8.68. The van der Waals surface area contributed by atoms with Crippen molar-refractivity contribution >= 4 is 28.3 Å². The van der Waals surface area contributed by atoms with Gasteiger partial charge in [-0.25, -0.2) is 9.18 Å². The van der Waals surface area contributed by atoms with Crippen molar-refractivity contribution in [3.63, 3.8) is 0 Å². The number of ether oxygens (including phenoxy) is 1. The predicted octanol–water partition coefficient (Wildman–Crippen LogP) is 3.16. The van der Waals surface area contributed by atoms with Crippen molar-refractivity contribution in [3.8, 4) is 0 Å². The molecule has 2 heterocycles. The first kappa shape index (κ1) is 19.1. The molecule has 4 fully saturated rings. The highest BCUT2D eigenvalue weighted by Gasteiger charge is 2.59. The van der Waals surface area contributed by atoms with E-state index in [1.54, 1.807) is 12.1 Å². The third kappa shape index (κ3) is 3.49. The Morgan fingerprint density at radius 1 is 1.28 bits per heavy atom. The van der Waals surface area contributed by atoms with Crippen LogP contribution in [0.5, 0.6) is 0 Å². The summed E-state index contributed by atoms with van der Waals surface area (Å²) in [4.78, 5) is 25.6. The van der Waals surface area contributed by atoms with Crippen LogP contribution in [0.4, 0.5) is 14.9 Å². The summed E-state index contributed by atoms with van der Waals surface area (Å²) in [5.74, 6) is 0.730. The number of hydrogen-bond donors (Lipinski definition) is 3.